The van der Waals surface area contributed by atoms with E-state index in [1.165, 1.54) is 0 Å². The highest BCUT2D eigenvalue weighted by Crippen LogP contribution is 2.06. The Labute approximate surface area is 87.7 Å². The van der Waals surface area contributed by atoms with Crippen LogP contribution in [0.4, 0.5) is 5.82 Å². The molecule has 0 unspecified atom stereocenters. The molecule has 0 aliphatic heterocycles. The molecule has 3 N–H and O–H groups in total. The number of rotatable bonds is 5. The molecule has 1 aromatic heterocycles. The van der Waals surface area contributed by atoms with Gasteiger partial charge in [-0.05, 0) is 0 Å². The summed E-state index contributed by atoms with van der Waals surface area (Å²) in [7, 11) is 1.63. The number of methoxy groups -OCH3 is 1. The zero-order valence-electron chi connectivity index (χ0n) is 7.86. The largest absolute Gasteiger partial charge is 0.388 e. The molecule has 76 valence electrons. The zero-order chi connectivity index (χ0) is 10.4. The predicted octanol–water partition coefficient (Wildman–Crippen LogP) is 0.169. The second kappa shape index (κ2) is 5.46. The van der Waals surface area contributed by atoms with Crippen LogP contribution in [0.2, 0.25) is 0 Å². The summed E-state index contributed by atoms with van der Waals surface area (Å²) in [6, 6.07) is 0. The van der Waals surface area contributed by atoms with Gasteiger partial charge in [-0.25, -0.2) is 9.97 Å². The van der Waals surface area contributed by atoms with E-state index in [9.17, 15) is 0 Å². The van der Waals surface area contributed by atoms with Gasteiger partial charge in [0.25, 0.3) is 0 Å². The third-order valence-corrected chi connectivity index (χ3v) is 1.72. The van der Waals surface area contributed by atoms with Crippen molar-refractivity contribution in [3.05, 3.63) is 18.1 Å². The number of thiocarbonyl (C=S) groups is 1. The molecule has 5 nitrogen and oxygen atoms in total. The Morgan fingerprint density at radius 2 is 2.29 bits per heavy atom. The van der Waals surface area contributed by atoms with Crippen LogP contribution < -0.4 is 11.1 Å². The predicted molar refractivity (Wildman–Crippen MR) is 58.3 cm³/mol. The van der Waals surface area contributed by atoms with Gasteiger partial charge in [0.15, 0.2) is 5.82 Å². The average Bonchev–Trinajstić information content (AvgIpc) is 2.19. The summed E-state index contributed by atoms with van der Waals surface area (Å²) in [6.07, 6.45) is 3.13. The molecular formula is C8H12N4OS. The normalized spacial score (nSPS) is 9.79. The first-order valence-corrected chi connectivity index (χ1v) is 4.50. The molecule has 0 spiro atoms. The van der Waals surface area contributed by atoms with E-state index in [2.05, 4.69) is 15.3 Å². The monoisotopic (exact) mass is 212 g/mol. The number of aromatic nitrogens is 2. The zero-order valence-corrected chi connectivity index (χ0v) is 8.67. The van der Waals surface area contributed by atoms with E-state index >= 15 is 0 Å². The van der Waals surface area contributed by atoms with Gasteiger partial charge >= 0.3 is 0 Å². The van der Waals surface area contributed by atoms with Crippen molar-refractivity contribution in [2.75, 3.05) is 25.6 Å². The van der Waals surface area contributed by atoms with Crippen LogP contribution in [0.3, 0.4) is 0 Å². The molecule has 1 rings (SSSR count). The molecule has 0 atom stereocenters. The minimum atomic E-state index is 0.234. The standard InChI is InChI=1S/C8H12N4OS/c1-13-5-4-12-8-6(7(9)14)10-2-3-11-8/h2-3H,4-5H2,1H3,(H2,9,14)(H,11,12). The van der Waals surface area contributed by atoms with E-state index in [1.54, 1.807) is 19.5 Å². The van der Waals surface area contributed by atoms with Crippen LogP contribution in [0, 0.1) is 0 Å². The maximum absolute atomic E-state index is 5.48. The molecule has 0 saturated carbocycles. The quantitative estimate of drug-likeness (QED) is 0.535. The molecule has 14 heavy (non-hydrogen) atoms. The van der Waals surface area contributed by atoms with Crippen LogP contribution in [0.1, 0.15) is 5.69 Å². The lowest BCUT2D eigenvalue weighted by atomic mass is 10.4. The number of nitrogens with zero attached hydrogens (tertiary/aromatic N) is 2. The van der Waals surface area contributed by atoms with E-state index in [-0.39, 0.29) is 4.99 Å². The van der Waals surface area contributed by atoms with Crippen molar-refractivity contribution in [2.45, 2.75) is 0 Å². The third kappa shape index (κ3) is 2.90. The van der Waals surface area contributed by atoms with Gasteiger partial charge in [-0.3, -0.25) is 0 Å². The summed E-state index contributed by atoms with van der Waals surface area (Å²) in [6.45, 7) is 1.23. The number of anilines is 1. The van der Waals surface area contributed by atoms with Gasteiger partial charge in [0.1, 0.15) is 10.7 Å². The van der Waals surface area contributed by atoms with Gasteiger partial charge in [0.05, 0.1) is 6.61 Å². The number of hydrogen-bond donors (Lipinski definition) is 2. The van der Waals surface area contributed by atoms with Crippen molar-refractivity contribution in [3.8, 4) is 0 Å². The summed E-state index contributed by atoms with van der Waals surface area (Å²) >= 11 is 4.83. The van der Waals surface area contributed by atoms with Crippen LogP contribution in [0.5, 0.6) is 0 Å². The molecule has 0 aromatic carbocycles. The first kappa shape index (κ1) is 10.8. The van der Waals surface area contributed by atoms with Crippen LogP contribution in [-0.2, 0) is 4.74 Å². The van der Waals surface area contributed by atoms with Crippen molar-refractivity contribution < 1.29 is 4.74 Å². The molecule has 0 saturated heterocycles. The van der Waals surface area contributed by atoms with Crippen molar-refractivity contribution in [1.29, 1.82) is 0 Å². The Bertz CT molecular complexity index is 318. The highest BCUT2D eigenvalue weighted by atomic mass is 32.1. The molecule has 1 aromatic rings. The topological polar surface area (TPSA) is 73.1 Å². The number of nitrogens with two attached hydrogens (primary N) is 1. The van der Waals surface area contributed by atoms with Crippen LogP contribution in [0.15, 0.2) is 12.4 Å². The van der Waals surface area contributed by atoms with Crippen molar-refractivity contribution in [1.82, 2.24) is 9.97 Å². The molecule has 6 heteroatoms. The summed E-state index contributed by atoms with van der Waals surface area (Å²) in [4.78, 5) is 8.33. The lowest BCUT2D eigenvalue weighted by Gasteiger charge is -2.07. The molecule has 0 aliphatic rings. The molecule has 0 aliphatic carbocycles. The minimum absolute atomic E-state index is 0.234. The summed E-state index contributed by atoms with van der Waals surface area (Å²) in [5, 5.41) is 3.03. The van der Waals surface area contributed by atoms with Gasteiger partial charge < -0.3 is 15.8 Å². The van der Waals surface area contributed by atoms with E-state index < -0.39 is 0 Å². The summed E-state index contributed by atoms with van der Waals surface area (Å²) in [5.41, 5.74) is 5.99. The fourth-order valence-electron chi connectivity index (χ4n) is 0.919. The Kier molecular flexibility index (Phi) is 4.21. The first-order valence-electron chi connectivity index (χ1n) is 4.09. The van der Waals surface area contributed by atoms with Crippen molar-refractivity contribution in [3.63, 3.8) is 0 Å². The highest BCUT2D eigenvalue weighted by Gasteiger charge is 2.05. The van der Waals surface area contributed by atoms with Gasteiger partial charge in [-0.15, -0.1) is 0 Å². The van der Waals surface area contributed by atoms with Crippen LogP contribution in [0.25, 0.3) is 0 Å². The fraction of sp³-hybridized carbons (Fsp3) is 0.375. The average molecular weight is 212 g/mol. The van der Waals surface area contributed by atoms with E-state index in [1.807, 2.05) is 0 Å². The number of ether oxygens (including phenoxy) is 1. The smallest absolute Gasteiger partial charge is 0.155 e. The van der Waals surface area contributed by atoms with Gasteiger partial charge in [0.2, 0.25) is 0 Å². The minimum Gasteiger partial charge on any atom is -0.388 e. The highest BCUT2D eigenvalue weighted by molar-refractivity contribution is 7.80. The van der Waals surface area contributed by atoms with Crippen LogP contribution >= 0.6 is 12.2 Å². The maximum atomic E-state index is 5.48. The molecule has 0 amide bonds. The SMILES string of the molecule is COCCNc1nccnc1C(N)=S. The van der Waals surface area contributed by atoms with E-state index in [4.69, 9.17) is 22.7 Å². The molecule has 1 heterocycles. The van der Waals surface area contributed by atoms with Gasteiger partial charge in [-0.2, -0.15) is 0 Å². The molecule has 0 radical (unpaired) electrons. The van der Waals surface area contributed by atoms with Crippen molar-refractivity contribution >= 4 is 23.0 Å². The summed E-state index contributed by atoms with van der Waals surface area (Å²) in [5.74, 6) is 0.594. The van der Waals surface area contributed by atoms with Gasteiger partial charge in [0, 0.05) is 26.0 Å². The van der Waals surface area contributed by atoms with E-state index in [0.29, 0.717) is 24.7 Å². The lowest BCUT2D eigenvalue weighted by molar-refractivity contribution is 0.210. The van der Waals surface area contributed by atoms with Crippen molar-refractivity contribution in [2.24, 2.45) is 5.73 Å². The third-order valence-electron chi connectivity index (χ3n) is 1.53. The molecule has 0 fully saturated rings. The Morgan fingerprint density at radius 3 is 2.93 bits per heavy atom. The van der Waals surface area contributed by atoms with Crippen LogP contribution in [-0.4, -0.2) is 35.2 Å². The second-order valence-electron chi connectivity index (χ2n) is 2.54. The van der Waals surface area contributed by atoms with E-state index in [0.717, 1.165) is 0 Å². The molecule has 0 bridgehead atoms. The van der Waals surface area contributed by atoms with Gasteiger partial charge in [-0.1, -0.05) is 12.2 Å². The number of hydrogen-bond acceptors (Lipinski definition) is 5. The lowest BCUT2D eigenvalue weighted by Crippen LogP contribution is -2.18. The fourth-order valence-corrected chi connectivity index (χ4v) is 1.07. The first-order chi connectivity index (χ1) is 6.75. The summed E-state index contributed by atoms with van der Waals surface area (Å²) < 4.78 is 4.89. The maximum Gasteiger partial charge on any atom is 0.155 e. The Morgan fingerprint density at radius 1 is 1.57 bits per heavy atom. The Balaban J connectivity index is 2.69. The second-order valence-corrected chi connectivity index (χ2v) is 2.98. The molecular weight excluding hydrogens is 200 g/mol. The number of nitrogens with one attached hydrogen (secondary N) is 1. The Hall–Kier alpha value is -1.27.